The van der Waals surface area contributed by atoms with Gasteiger partial charge >= 0.3 is 0 Å². The maximum atomic E-state index is 12.1. The number of aliphatic imine (C=N–C) groups is 1. The Morgan fingerprint density at radius 1 is 0.551 bits per heavy atom. The number of rotatable bonds is 15. The highest BCUT2D eigenvalue weighted by atomic mass is 32.1. The fraction of sp³-hybridized carbons (Fsp3) is 0.109. The van der Waals surface area contributed by atoms with Crippen LogP contribution >= 0.6 is 35.8 Å². The number of Topliss-reactive ketones (excluding diaryl/α,β-unsaturated/α-hetero) is 1. The van der Waals surface area contributed by atoms with Crippen molar-refractivity contribution in [2.45, 2.75) is 19.3 Å². The summed E-state index contributed by atoms with van der Waals surface area (Å²) in [7, 11) is 5.64. The molecule has 0 fully saturated rings. The number of thiocarbonyl (C=S) groups is 2. The van der Waals surface area contributed by atoms with Crippen LogP contribution in [0.3, 0.4) is 0 Å². The second-order valence-corrected chi connectivity index (χ2v) is 21.4. The first kappa shape index (κ1) is 61.0. The summed E-state index contributed by atoms with van der Waals surface area (Å²) in [6.07, 6.45) is 18.2. The van der Waals surface area contributed by atoms with Gasteiger partial charge in [-0.05, 0) is 95.7 Å². The highest BCUT2D eigenvalue weighted by Gasteiger charge is 2.12. The number of nitrogens with two attached hydrogens (primary N) is 1. The van der Waals surface area contributed by atoms with E-state index in [0.717, 1.165) is 94.2 Å². The molecule has 0 aliphatic carbocycles. The van der Waals surface area contributed by atoms with E-state index in [2.05, 4.69) is 106 Å². The number of benzene rings is 3. The van der Waals surface area contributed by atoms with Crippen LogP contribution in [0.15, 0.2) is 206 Å². The molecule has 3 aromatic carbocycles. The Morgan fingerprint density at radius 2 is 1.02 bits per heavy atom. The second-order valence-electron chi connectivity index (χ2n) is 19.8. The number of nitrogens with one attached hydrogen (secondary N) is 4. The van der Waals surface area contributed by atoms with E-state index >= 15 is 0 Å². The number of carbonyl (C=O) groups is 2. The van der Waals surface area contributed by atoms with Gasteiger partial charge in [0.15, 0.2) is 16.7 Å². The normalized spacial score (nSPS) is 10.6. The molecular formula is C64H56N20O2S3. The summed E-state index contributed by atoms with van der Waals surface area (Å²) < 4.78 is 5.27. The first-order chi connectivity index (χ1) is 43.4. The summed E-state index contributed by atoms with van der Waals surface area (Å²) in [4.78, 5) is 53.8. The molecular weight excluding hydrogens is 1180 g/mol. The maximum Gasteiger partial charge on any atom is 0.238 e. The molecule has 25 heteroatoms. The Balaban J connectivity index is 0.000000138. The summed E-state index contributed by atoms with van der Waals surface area (Å²) in [6.45, 7) is 0.154. The number of fused-ring (bicyclic) bond motifs is 3. The van der Waals surface area contributed by atoms with Gasteiger partial charge in [-0.3, -0.25) is 44.0 Å². The molecule has 442 valence electrons. The zero-order chi connectivity index (χ0) is 61.9. The molecule has 0 aliphatic heterocycles. The number of carbonyl (C=O) groups excluding carboxylic acids is 2. The van der Waals surface area contributed by atoms with Gasteiger partial charge in [0.25, 0.3) is 0 Å². The highest BCUT2D eigenvalue weighted by molar-refractivity contribution is 7.80. The number of pyridine rings is 6. The summed E-state index contributed by atoms with van der Waals surface area (Å²) in [5.74, 6) is 6.64. The number of aryl methyl sites for hydroxylation is 3. The standard InChI is InChI=1S/C22H20N6OS.C21H17N7S.C13H9N5S.C8H10N2O/c1-28-14-17(12-25-28)16-10-20-19(23-11-16)7-8-21(26-20)27-22(30)24-13-18(29)9-15-5-3-2-4-6-15;1-28-13-16(12-23-28)15-10-18-17(22-11-15)7-8-19(24-18)25-21-27-26-20(29-21)9-14-5-3-2-4-6-14;1-18-7-10(6-16-18)9-4-12-11(14-5-9)2-3-13(17-12)15-8-19;9-10-8(11)6-7-4-2-1-3-5-7/h2-8,10-12,14H,9,13H2,1H3,(H2,24,26,27,30);2-8,10-13H,9H2,1H3,(H,24,25,27);2-7H,1H3;1-5H,6,9H2,(H,10,11). The van der Waals surface area contributed by atoms with Crippen molar-refractivity contribution in [1.82, 2.24) is 80.2 Å². The molecule has 0 saturated carbocycles. The molecule has 0 bridgehead atoms. The van der Waals surface area contributed by atoms with Crippen molar-refractivity contribution in [2.24, 2.45) is 32.0 Å². The van der Waals surface area contributed by atoms with Gasteiger partial charge in [-0.25, -0.2) is 20.8 Å². The molecule has 10 aromatic heterocycles. The molecule has 0 aliphatic rings. The van der Waals surface area contributed by atoms with Gasteiger partial charge in [0.1, 0.15) is 16.6 Å². The topological polar surface area (TPSA) is 277 Å². The van der Waals surface area contributed by atoms with Crippen LogP contribution in [0.4, 0.5) is 22.6 Å². The molecule has 89 heavy (non-hydrogen) atoms. The van der Waals surface area contributed by atoms with Gasteiger partial charge in [-0.1, -0.05) is 102 Å². The third kappa shape index (κ3) is 17.5. The van der Waals surface area contributed by atoms with Crippen molar-refractivity contribution in [3.63, 3.8) is 0 Å². The maximum absolute atomic E-state index is 12.1. The average Bonchev–Trinajstić information content (AvgIpc) is 3.21. The third-order valence-electron chi connectivity index (χ3n) is 13.1. The molecule has 0 saturated heterocycles. The molecule has 1 amide bonds. The van der Waals surface area contributed by atoms with Gasteiger partial charge < -0.3 is 16.0 Å². The molecule has 0 spiro atoms. The lowest BCUT2D eigenvalue weighted by molar-refractivity contribution is -0.120. The van der Waals surface area contributed by atoms with E-state index in [-0.39, 0.29) is 18.2 Å². The smallest absolute Gasteiger partial charge is 0.238 e. The fourth-order valence-electron chi connectivity index (χ4n) is 8.76. The number of amides is 1. The van der Waals surface area contributed by atoms with Crippen LogP contribution in [0.25, 0.3) is 66.5 Å². The van der Waals surface area contributed by atoms with Crippen molar-refractivity contribution >= 4 is 113 Å². The minimum absolute atomic E-state index is 0.0575. The zero-order valence-corrected chi connectivity index (χ0v) is 50.7. The summed E-state index contributed by atoms with van der Waals surface area (Å²) in [6, 6.07) is 46.4. The number of anilines is 3. The van der Waals surface area contributed by atoms with Crippen LogP contribution in [0.5, 0.6) is 0 Å². The Bertz CT molecular complexity index is 4610. The SMILES string of the molecule is Cn1cc(-c2cnc3ccc(N=C=S)nc3c2)cn1.Cn1cc(-c2cnc3ccc(NC(=S)NCC(=O)Cc4ccccc4)nc3c2)cn1.Cn1cc(-c2cnc3ccc(Nc4nnc(Cc5ccccc5)s4)nc3c2)cn1.NNC(=O)Cc1ccccc1. The number of aromatic nitrogens is 14. The van der Waals surface area contributed by atoms with E-state index in [1.54, 1.807) is 44.8 Å². The molecule has 0 atom stereocenters. The molecule has 22 nitrogen and oxygen atoms in total. The summed E-state index contributed by atoms with van der Waals surface area (Å²) in [5, 5.41) is 34.7. The van der Waals surface area contributed by atoms with E-state index in [0.29, 0.717) is 35.4 Å². The Labute approximate surface area is 525 Å². The first-order valence-corrected chi connectivity index (χ1v) is 29.1. The van der Waals surface area contributed by atoms with Gasteiger partial charge in [0.2, 0.25) is 11.0 Å². The van der Waals surface area contributed by atoms with Crippen LogP contribution in [0, 0.1) is 0 Å². The predicted octanol–water partition coefficient (Wildman–Crippen LogP) is 10.3. The quantitative estimate of drug-likeness (QED) is 0.0210. The van der Waals surface area contributed by atoms with Crippen LogP contribution in [0.2, 0.25) is 0 Å². The van der Waals surface area contributed by atoms with Crippen molar-refractivity contribution in [2.75, 3.05) is 17.2 Å². The number of isothiocyanates is 1. The molecule has 13 rings (SSSR count). The Morgan fingerprint density at radius 3 is 1.52 bits per heavy atom. The van der Waals surface area contributed by atoms with Crippen molar-refractivity contribution in [3.05, 3.63) is 223 Å². The third-order valence-corrected chi connectivity index (χ3v) is 14.2. The molecule has 10 heterocycles. The molecule has 6 N–H and O–H groups in total. The number of nitrogens with zero attached hydrogens (tertiary/aromatic N) is 15. The van der Waals surface area contributed by atoms with E-state index in [1.165, 1.54) is 16.9 Å². The van der Waals surface area contributed by atoms with Crippen molar-refractivity contribution in [1.29, 1.82) is 0 Å². The first-order valence-electron chi connectivity index (χ1n) is 27.5. The second kappa shape index (κ2) is 29.8. The van der Waals surface area contributed by atoms with E-state index in [9.17, 15) is 9.59 Å². The largest absolute Gasteiger partial charge is 0.355 e. The number of hydrogen-bond donors (Lipinski definition) is 5. The lowest BCUT2D eigenvalue weighted by Gasteiger charge is -2.10. The van der Waals surface area contributed by atoms with Crippen molar-refractivity contribution in [3.8, 4) is 33.4 Å². The monoisotopic (exact) mass is 1230 g/mol. The van der Waals surface area contributed by atoms with E-state index < -0.39 is 0 Å². The fourth-order valence-corrected chi connectivity index (χ4v) is 9.81. The predicted molar refractivity (Wildman–Crippen MR) is 354 cm³/mol. The lowest BCUT2D eigenvalue weighted by Crippen LogP contribution is -2.33. The minimum Gasteiger partial charge on any atom is -0.355 e. The zero-order valence-electron chi connectivity index (χ0n) is 48.2. The van der Waals surface area contributed by atoms with Crippen molar-refractivity contribution < 1.29 is 9.59 Å². The van der Waals surface area contributed by atoms with Gasteiger partial charge in [0.05, 0.1) is 69.8 Å². The van der Waals surface area contributed by atoms with E-state index in [1.807, 2.05) is 180 Å². The van der Waals surface area contributed by atoms with Gasteiger partial charge in [-0.2, -0.15) is 20.3 Å². The number of hydrogen-bond acceptors (Lipinski definition) is 19. The molecule has 0 unspecified atom stereocenters. The lowest BCUT2D eigenvalue weighted by atomic mass is 10.1. The van der Waals surface area contributed by atoms with Crippen LogP contribution in [0.1, 0.15) is 21.7 Å². The summed E-state index contributed by atoms with van der Waals surface area (Å²) >= 11 is 11.4. The average molecular weight is 1230 g/mol. The van der Waals surface area contributed by atoms with Gasteiger partial charge in [0, 0.05) is 105 Å². The van der Waals surface area contributed by atoms with Crippen LogP contribution in [-0.4, -0.2) is 98.0 Å². The van der Waals surface area contributed by atoms with E-state index in [4.69, 9.17) is 23.0 Å². The highest BCUT2D eigenvalue weighted by Crippen LogP contribution is 2.27. The number of ketones is 1. The van der Waals surface area contributed by atoms with Crippen LogP contribution < -0.4 is 27.2 Å². The Kier molecular flexibility index (Phi) is 20.5. The van der Waals surface area contributed by atoms with Crippen LogP contribution in [-0.2, 0) is 50.0 Å². The molecule has 0 radical (unpaired) electrons. The Hall–Kier alpha value is -11.1. The molecule has 13 aromatic rings. The minimum atomic E-state index is -0.170. The van der Waals surface area contributed by atoms with Gasteiger partial charge in [-0.15, -0.1) is 10.2 Å². The summed E-state index contributed by atoms with van der Waals surface area (Å²) in [5.41, 5.74) is 15.9. The number of hydrazine groups is 1.